The molecule has 2 unspecified atom stereocenters. The summed E-state index contributed by atoms with van der Waals surface area (Å²) in [4.78, 5) is 18.4. The van der Waals surface area contributed by atoms with Crippen LogP contribution in [0.4, 0.5) is 0 Å². The number of hydrogen-bond donors (Lipinski definition) is 1. The summed E-state index contributed by atoms with van der Waals surface area (Å²) in [5, 5.41) is 0. The zero-order chi connectivity index (χ0) is 13.1. The van der Waals surface area contributed by atoms with Gasteiger partial charge in [0.25, 0.3) is 5.91 Å². The Bertz CT molecular complexity index is 426. The number of nitrogens with zero attached hydrogens (tertiary/aromatic N) is 2. The van der Waals surface area contributed by atoms with Crippen LogP contribution in [0.15, 0.2) is 10.8 Å². The molecule has 0 spiro atoms. The minimum Gasteiger partial charge on any atom is -0.448 e. The van der Waals surface area contributed by atoms with E-state index < -0.39 is 0 Å². The smallest absolute Gasteiger partial charge is 0.276 e. The lowest BCUT2D eigenvalue weighted by molar-refractivity contribution is 0.0566. The molecule has 1 aromatic heterocycles. The Labute approximate surface area is 132 Å². The van der Waals surface area contributed by atoms with E-state index in [4.69, 9.17) is 10.2 Å². The second-order valence-electron chi connectivity index (χ2n) is 5.00. The third kappa shape index (κ3) is 3.87. The molecule has 5 nitrogen and oxygen atoms in total. The summed E-state index contributed by atoms with van der Waals surface area (Å²) in [6.07, 6.45) is 4.03. The second kappa shape index (κ2) is 8.49. The molecule has 20 heavy (non-hydrogen) atoms. The van der Waals surface area contributed by atoms with Crippen molar-refractivity contribution < 1.29 is 9.21 Å². The van der Waals surface area contributed by atoms with Crippen LogP contribution in [0.2, 0.25) is 0 Å². The van der Waals surface area contributed by atoms with Crippen molar-refractivity contribution >= 4 is 30.7 Å². The highest BCUT2D eigenvalue weighted by molar-refractivity contribution is 5.93. The van der Waals surface area contributed by atoms with E-state index in [0.29, 0.717) is 30.3 Å². The van der Waals surface area contributed by atoms with Gasteiger partial charge in [-0.25, -0.2) is 4.98 Å². The first kappa shape index (κ1) is 19.2. The van der Waals surface area contributed by atoms with Crippen LogP contribution in [0.3, 0.4) is 0 Å². The van der Waals surface area contributed by atoms with Gasteiger partial charge in [-0.15, -0.1) is 24.8 Å². The van der Waals surface area contributed by atoms with Crippen molar-refractivity contribution in [3.63, 3.8) is 0 Å². The predicted molar refractivity (Wildman–Crippen MR) is 82.7 cm³/mol. The molecule has 7 heteroatoms. The van der Waals surface area contributed by atoms with E-state index >= 15 is 0 Å². The van der Waals surface area contributed by atoms with Crippen molar-refractivity contribution in [2.75, 3.05) is 13.1 Å². The van der Waals surface area contributed by atoms with Gasteiger partial charge in [-0.1, -0.05) is 13.8 Å². The monoisotopic (exact) mass is 323 g/mol. The van der Waals surface area contributed by atoms with E-state index in [9.17, 15) is 4.79 Å². The molecule has 1 saturated heterocycles. The summed E-state index contributed by atoms with van der Waals surface area (Å²) in [5.74, 6) is 1.25. The van der Waals surface area contributed by atoms with Gasteiger partial charge in [-0.05, 0) is 18.8 Å². The third-order valence-electron chi connectivity index (χ3n) is 3.68. The van der Waals surface area contributed by atoms with Gasteiger partial charge in [-0.2, -0.15) is 0 Å². The Morgan fingerprint density at radius 3 is 2.85 bits per heavy atom. The van der Waals surface area contributed by atoms with Gasteiger partial charge >= 0.3 is 0 Å². The Balaban J connectivity index is 0.00000180. The van der Waals surface area contributed by atoms with Crippen LogP contribution in [0.1, 0.15) is 42.9 Å². The van der Waals surface area contributed by atoms with Crippen LogP contribution in [0.5, 0.6) is 0 Å². The Hall–Kier alpha value is -0.780. The van der Waals surface area contributed by atoms with Crippen molar-refractivity contribution in [1.29, 1.82) is 0 Å². The van der Waals surface area contributed by atoms with Crippen LogP contribution in [0.25, 0.3) is 0 Å². The minimum atomic E-state index is -0.0389. The topological polar surface area (TPSA) is 72.4 Å². The fourth-order valence-electron chi connectivity index (χ4n) is 2.57. The molecule has 0 radical (unpaired) electrons. The average molecular weight is 324 g/mol. The summed E-state index contributed by atoms with van der Waals surface area (Å²) >= 11 is 0. The third-order valence-corrected chi connectivity index (χ3v) is 3.68. The lowest BCUT2D eigenvalue weighted by atomic mass is 9.92. The number of rotatable bonds is 3. The van der Waals surface area contributed by atoms with E-state index in [1.54, 1.807) is 0 Å². The van der Waals surface area contributed by atoms with Crippen LogP contribution in [0, 0.1) is 5.92 Å². The van der Waals surface area contributed by atoms with E-state index in [2.05, 4.69) is 11.9 Å². The maximum atomic E-state index is 12.5. The number of oxazole rings is 1. The van der Waals surface area contributed by atoms with Gasteiger partial charge < -0.3 is 15.1 Å². The molecule has 0 aromatic carbocycles. The zero-order valence-corrected chi connectivity index (χ0v) is 13.5. The Kier molecular flexibility index (Phi) is 8.16. The number of nitrogens with two attached hydrogens (primary N) is 1. The number of carbonyl (C=O) groups is 1. The first-order chi connectivity index (χ1) is 8.67. The van der Waals surface area contributed by atoms with Gasteiger partial charge in [0.15, 0.2) is 12.1 Å². The molecule has 2 atom stereocenters. The largest absolute Gasteiger partial charge is 0.448 e. The van der Waals surface area contributed by atoms with E-state index in [0.717, 1.165) is 19.4 Å². The molecule has 116 valence electrons. The van der Waals surface area contributed by atoms with Crippen LogP contribution in [-0.4, -0.2) is 34.9 Å². The molecule has 1 aliphatic heterocycles. The number of halogens is 2. The fraction of sp³-hybridized carbons (Fsp3) is 0.692. The number of aromatic nitrogens is 1. The second-order valence-corrected chi connectivity index (χ2v) is 5.00. The van der Waals surface area contributed by atoms with E-state index in [1.807, 2.05) is 11.8 Å². The first-order valence-electron chi connectivity index (χ1n) is 6.60. The lowest BCUT2D eigenvalue weighted by Crippen LogP contribution is -2.49. The molecule has 2 heterocycles. The molecule has 1 aromatic rings. The summed E-state index contributed by atoms with van der Waals surface area (Å²) in [7, 11) is 0. The number of piperidine rings is 1. The molecule has 1 fully saturated rings. The van der Waals surface area contributed by atoms with Crippen LogP contribution >= 0.6 is 24.8 Å². The molecule has 2 rings (SSSR count). The van der Waals surface area contributed by atoms with Crippen molar-refractivity contribution in [3.05, 3.63) is 17.8 Å². The predicted octanol–water partition coefficient (Wildman–Crippen LogP) is 2.28. The molecule has 0 saturated carbocycles. The molecule has 0 aliphatic carbocycles. The van der Waals surface area contributed by atoms with Gasteiger partial charge in [0.1, 0.15) is 5.76 Å². The summed E-state index contributed by atoms with van der Waals surface area (Å²) < 4.78 is 5.23. The maximum Gasteiger partial charge on any atom is 0.276 e. The van der Waals surface area contributed by atoms with Crippen molar-refractivity contribution in [2.24, 2.45) is 11.7 Å². The van der Waals surface area contributed by atoms with Gasteiger partial charge in [0.2, 0.25) is 0 Å². The number of aryl methyl sites for hydroxylation is 1. The highest BCUT2D eigenvalue weighted by Gasteiger charge is 2.31. The fourth-order valence-corrected chi connectivity index (χ4v) is 2.57. The van der Waals surface area contributed by atoms with Crippen LogP contribution < -0.4 is 5.73 Å². The Morgan fingerprint density at radius 2 is 2.25 bits per heavy atom. The zero-order valence-electron chi connectivity index (χ0n) is 11.9. The first-order valence-corrected chi connectivity index (χ1v) is 6.60. The molecular weight excluding hydrogens is 301 g/mol. The molecule has 1 aliphatic rings. The molecule has 0 bridgehead atoms. The standard InChI is InChI=1S/C13H21N3O2.2ClH/c1-3-11-12(15-8-18-11)13(17)16-5-4-9(2)6-10(16)7-14;;/h8-10H,3-7,14H2,1-2H3;2*1H. The maximum absolute atomic E-state index is 12.5. The van der Waals surface area contributed by atoms with Crippen molar-refractivity contribution in [3.8, 4) is 0 Å². The summed E-state index contributed by atoms with van der Waals surface area (Å²) in [5.41, 5.74) is 6.23. The molecule has 2 N–H and O–H groups in total. The van der Waals surface area contributed by atoms with Gasteiger partial charge in [0, 0.05) is 25.6 Å². The highest BCUT2D eigenvalue weighted by Crippen LogP contribution is 2.24. The van der Waals surface area contributed by atoms with Crippen LogP contribution in [-0.2, 0) is 6.42 Å². The van der Waals surface area contributed by atoms with Gasteiger partial charge in [0.05, 0.1) is 0 Å². The minimum absolute atomic E-state index is 0. The molecule has 1 amide bonds. The highest BCUT2D eigenvalue weighted by atomic mass is 35.5. The number of hydrogen-bond acceptors (Lipinski definition) is 4. The quantitative estimate of drug-likeness (QED) is 0.926. The van der Waals surface area contributed by atoms with Crippen molar-refractivity contribution in [1.82, 2.24) is 9.88 Å². The summed E-state index contributed by atoms with van der Waals surface area (Å²) in [6.45, 7) is 5.43. The number of likely N-dealkylation sites (tertiary alicyclic amines) is 1. The van der Waals surface area contributed by atoms with Gasteiger partial charge in [-0.3, -0.25) is 4.79 Å². The lowest BCUT2D eigenvalue weighted by Gasteiger charge is -2.37. The summed E-state index contributed by atoms with van der Waals surface area (Å²) in [6, 6.07) is 0.127. The Morgan fingerprint density at radius 1 is 1.55 bits per heavy atom. The molecular formula is C13H23Cl2N3O2. The van der Waals surface area contributed by atoms with Crippen molar-refractivity contribution in [2.45, 2.75) is 39.2 Å². The number of carbonyl (C=O) groups excluding carboxylic acids is 1. The van der Waals surface area contributed by atoms with E-state index in [1.165, 1.54) is 6.39 Å². The average Bonchev–Trinajstić information content (AvgIpc) is 2.86. The normalized spacial score (nSPS) is 21.9. The SMILES string of the molecule is CCc1ocnc1C(=O)N1CCC(C)CC1CN.Cl.Cl. The number of amides is 1. The van der Waals surface area contributed by atoms with E-state index in [-0.39, 0.29) is 36.8 Å².